The summed E-state index contributed by atoms with van der Waals surface area (Å²) in [5, 5.41) is 21.9. The normalized spacial score (nSPS) is 13.8. The fourth-order valence-corrected chi connectivity index (χ4v) is 8.09. The number of nitrogens with zero attached hydrogens (tertiary/aromatic N) is 5. The third-order valence-corrected chi connectivity index (χ3v) is 11.2. The maximum atomic E-state index is 13.5. The molecule has 0 spiro atoms. The zero-order chi connectivity index (χ0) is 43.9. The first kappa shape index (κ1) is 42.4. The first-order valence-electron chi connectivity index (χ1n) is 20.8. The van der Waals surface area contributed by atoms with Gasteiger partial charge in [-0.1, -0.05) is 41.9 Å². The minimum atomic E-state index is -1.02. The Kier molecular flexibility index (Phi) is 12.9. The van der Waals surface area contributed by atoms with Gasteiger partial charge in [0.05, 0.1) is 28.6 Å². The Labute approximate surface area is 367 Å². The first-order valence-corrected chi connectivity index (χ1v) is 21.1. The van der Waals surface area contributed by atoms with Crippen LogP contribution in [-0.2, 0) is 14.4 Å². The molecule has 1 saturated heterocycles. The minimum Gasteiger partial charge on any atom is -0.492 e. The number of aromatic nitrogens is 5. The molecule has 16 heteroatoms. The molecule has 0 bridgehead atoms. The Hall–Kier alpha value is -7.26. The number of hydrogen-bond donors (Lipinski definition) is 4. The van der Waals surface area contributed by atoms with Gasteiger partial charge in [0.1, 0.15) is 41.7 Å². The summed E-state index contributed by atoms with van der Waals surface area (Å²) >= 11 is 6.51. The number of ether oxygens (including phenoxy) is 2. The van der Waals surface area contributed by atoms with E-state index in [2.05, 4.69) is 25.6 Å². The molecule has 63 heavy (non-hydrogen) atoms. The standard InChI is InChI=1S/C47H45ClN8O7/c1-29(57)53-45-43-44(31-15-19-35(20-16-31)63-34-9-3-2-4-10-34)54-56(46(43)52-28-51-45)32-8-7-22-55(27-32)42(59)12-6-5-11-41(58)49-21-23-62-33-17-13-30(14-18-33)36-24-37-38(47(60)61)26-50-40(37)25-39(36)48/h2-4,9-10,13-20,24-26,28,32,50H,5-8,11-12,21-23,27H2,1H3,(H,49,58)(H,60,61)(H,51,52,53,57)/t32-/m1/s1. The molecule has 1 atom stereocenters. The van der Waals surface area contributed by atoms with Crippen LogP contribution in [0.3, 0.4) is 0 Å². The second-order valence-corrected chi connectivity index (χ2v) is 15.7. The SMILES string of the molecule is CC(=O)Nc1ncnc2c1c(-c1ccc(Oc3ccccc3)cc1)nn2[C@@H]1CCCN(C(=O)CCCCC(=O)NCCOc2ccc(-c3cc4c(C(=O)O)c[nH]c4cc3Cl)cc2)C1. The third kappa shape index (κ3) is 9.94. The molecule has 322 valence electrons. The number of carboxylic acids is 1. The van der Waals surface area contributed by atoms with Crippen LogP contribution < -0.4 is 20.1 Å². The number of nitrogens with one attached hydrogen (secondary N) is 3. The summed E-state index contributed by atoms with van der Waals surface area (Å²) in [6, 6.07) is 27.7. The molecule has 4 aromatic carbocycles. The quantitative estimate of drug-likeness (QED) is 0.0683. The smallest absolute Gasteiger partial charge is 0.337 e. The number of rotatable bonds is 16. The lowest BCUT2D eigenvalue weighted by molar-refractivity contribution is -0.133. The van der Waals surface area contributed by atoms with Crippen molar-refractivity contribution in [2.45, 2.75) is 51.5 Å². The number of unbranched alkanes of at least 4 members (excludes halogenated alkanes) is 1. The molecule has 3 aromatic heterocycles. The van der Waals surface area contributed by atoms with E-state index in [1.54, 1.807) is 24.3 Å². The molecule has 0 saturated carbocycles. The van der Waals surface area contributed by atoms with Gasteiger partial charge >= 0.3 is 5.97 Å². The van der Waals surface area contributed by atoms with Gasteiger partial charge in [-0.15, -0.1) is 0 Å². The number of fused-ring (bicyclic) bond motifs is 2. The van der Waals surface area contributed by atoms with Crippen molar-refractivity contribution in [1.29, 1.82) is 0 Å². The van der Waals surface area contributed by atoms with Crippen LogP contribution in [0.2, 0.25) is 5.02 Å². The first-order chi connectivity index (χ1) is 30.6. The van der Waals surface area contributed by atoms with E-state index in [-0.39, 0.29) is 42.4 Å². The highest BCUT2D eigenvalue weighted by Gasteiger charge is 2.29. The molecule has 0 unspecified atom stereocenters. The van der Waals surface area contributed by atoms with Crippen molar-refractivity contribution in [3.05, 3.63) is 114 Å². The molecule has 0 radical (unpaired) electrons. The summed E-state index contributed by atoms with van der Waals surface area (Å²) in [6.07, 6.45) is 6.17. The Morgan fingerprint density at radius 3 is 2.40 bits per heavy atom. The predicted molar refractivity (Wildman–Crippen MR) is 239 cm³/mol. The van der Waals surface area contributed by atoms with Gasteiger partial charge in [-0.25, -0.2) is 19.4 Å². The lowest BCUT2D eigenvalue weighted by atomic mass is 10.0. The number of likely N-dealkylation sites (tertiary alicyclic amines) is 1. The van der Waals surface area contributed by atoms with Gasteiger partial charge in [-0.2, -0.15) is 5.10 Å². The number of anilines is 1. The average molecular weight is 869 g/mol. The molecule has 4 heterocycles. The van der Waals surface area contributed by atoms with Gasteiger partial charge in [0.2, 0.25) is 17.7 Å². The molecular weight excluding hydrogens is 824 g/mol. The van der Waals surface area contributed by atoms with Crippen molar-refractivity contribution in [1.82, 2.24) is 34.9 Å². The van der Waals surface area contributed by atoms with Crippen molar-refractivity contribution in [2.75, 3.05) is 31.6 Å². The zero-order valence-electron chi connectivity index (χ0n) is 34.5. The molecule has 1 fully saturated rings. The van der Waals surface area contributed by atoms with Crippen LogP contribution in [0.4, 0.5) is 5.82 Å². The van der Waals surface area contributed by atoms with Gasteiger partial charge in [-0.05, 0) is 91.9 Å². The number of carboxylic acid groups (broad SMARTS) is 1. The summed E-state index contributed by atoms with van der Waals surface area (Å²) in [7, 11) is 0. The topological polar surface area (TPSA) is 194 Å². The second kappa shape index (κ2) is 19.2. The molecule has 0 aliphatic carbocycles. The lowest BCUT2D eigenvalue weighted by Gasteiger charge is -2.33. The predicted octanol–water partition coefficient (Wildman–Crippen LogP) is 8.66. The Bertz CT molecular complexity index is 2770. The third-order valence-electron chi connectivity index (χ3n) is 10.9. The fraction of sp³-hybridized carbons (Fsp3) is 0.255. The molecule has 8 rings (SSSR count). The van der Waals surface area contributed by atoms with Crippen molar-refractivity contribution < 1.29 is 33.8 Å². The molecule has 15 nitrogen and oxygen atoms in total. The number of benzene rings is 4. The molecule has 1 aliphatic heterocycles. The Morgan fingerprint density at radius 1 is 0.905 bits per heavy atom. The van der Waals surface area contributed by atoms with Crippen LogP contribution in [0.5, 0.6) is 17.2 Å². The highest BCUT2D eigenvalue weighted by Crippen LogP contribution is 2.37. The van der Waals surface area contributed by atoms with E-state index < -0.39 is 5.97 Å². The van der Waals surface area contributed by atoms with Gasteiger partial charge in [0.15, 0.2) is 5.65 Å². The van der Waals surface area contributed by atoms with Crippen LogP contribution in [0.15, 0.2) is 104 Å². The summed E-state index contributed by atoms with van der Waals surface area (Å²) in [5.41, 5.74) is 4.29. The minimum absolute atomic E-state index is 0.0241. The van der Waals surface area contributed by atoms with Crippen LogP contribution in [0.25, 0.3) is 44.3 Å². The van der Waals surface area contributed by atoms with E-state index in [1.807, 2.05) is 76.3 Å². The molecule has 4 N–H and O–H groups in total. The highest BCUT2D eigenvalue weighted by atomic mass is 35.5. The van der Waals surface area contributed by atoms with E-state index in [4.69, 9.17) is 26.2 Å². The van der Waals surface area contributed by atoms with Crippen molar-refractivity contribution in [2.24, 2.45) is 0 Å². The average Bonchev–Trinajstić information content (AvgIpc) is 3.89. The van der Waals surface area contributed by atoms with E-state index in [0.717, 1.165) is 29.7 Å². The fourth-order valence-electron chi connectivity index (χ4n) is 7.82. The van der Waals surface area contributed by atoms with Crippen LogP contribution in [-0.4, -0.2) is 84.7 Å². The van der Waals surface area contributed by atoms with E-state index in [9.17, 15) is 24.3 Å². The van der Waals surface area contributed by atoms with E-state index in [1.165, 1.54) is 19.4 Å². The second-order valence-electron chi connectivity index (χ2n) is 15.3. The summed E-state index contributed by atoms with van der Waals surface area (Å²) in [4.78, 5) is 63.6. The summed E-state index contributed by atoms with van der Waals surface area (Å²) in [6.45, 7) is 3.09. The van der Waals surface area contributed by atoms with E-state index >= 15 is 0 Å². The van der Waals surface area contributed by atoms with Crippen LogP contribution in [0.1, 0.15) is 61.8 Å². The maximum Gasteiger partial charge on any atom is 0.337 e. The largest absolute Gasteiger partial charge is 0.492 e. The highest BCUT2D eigenvalue weighted by molar-refractivity contribution is 6.34. The van der Waals surface area contributed by atoms with Gasteiger partial charge in [0.25, 0.3) is 0 Å². The number of amides is 3. The van der Waals surface area contributed by atoms with Gasteiger partial charge in [0, 0.05) is 61.1 Å². The molecule has 7 aromatic rings. The zero-order valence-corrected chi connectivity index (χ0v) is 35.2. The number of H-pyrrole nitrogens is 1. The number of piperidine rings is 1. The summed E-state index contributed by atoms with van der Waals surface area (Å²) < 4.78 is 13.7. The number of hydrogen-bond acceptors (Lipinski definition) is 9. The van der Waals surface area contributed by atoms with Crippen molar-refractivity contribution >= 4 is 63.0 Å². The maximum absolute atomic E-state index is 13.5. The summed E-state index contributed by atoms with van der Waals surface area (Å²) in [5.74, 6) is 0.974. The van der Waals surface area contributed by atoms with Crippen molar-refractivity contribution in [3.63, 3.8) is 0 Å². The van der Waals surface area contributed by atoms with Crippen molar-refractivity contribution in [3.8, 4) is 39.6 Å². The van der Waals surface area contributed by atoms with E-state index in [0.29, 0.717) is 94.4 Å². The Balaban J connectivity index is 0.811. The number of carbonyl (C=O) groups excluding carboxylic acids is 3. The number of carbonyl (C=O) groups is 4. The van der Waals surface area contributed by atoms with Crippen LogP contribution in [0, 0.1) is 0 Å². The molecular formula is C47H45ClN8O7. The number of aromatic carboxylic acids is 1. The molecule has 3 amide bonds. The molecule has 1 aliphatic rings. The lowest BCUT2D eigenvalue weighted by Crippen LogP contribution is -2.41. The number of halogens is 1. The number of para-hydroxylation sites is 1. The monoisotopic (exact) mass is 868 g/mol. The van der Waals surface area contributed by atoms with Crippen LogP contribution >= 0.6 is 11.6 Å². The van der Waals surface area contributed by atoms with Gasteiger partial charge < -0.3 is 35.1 Å². The Morgan fingerprint density at radius 2 is 1.63 bits per heavy atom. The van der Waals surface area contributed by atoms with Gasteiger partial charge in [-0.3, -0.25) is 14.4 Å². The number of aromatic amines is 1.